The molecule has 1 amide bonds. The third-order valence-electron chi connectivity index (χ3n) is 7.41. The van der Waals surface area contributed by atoms with E-state index in [2.05, 4.69) is 11.1 Å². The minimum atomic E-state index is -0.528. The third-order valence-corrected chi connectivity index (χ3v) is 7.41. The zero-order valence-corrected chi connectivity index (χ0v) is 21.5. The summed E-state index contributed by atoms with van der Waals surface area (Å²) in [5.41, 5.74) is 3.57. The van der Waals surface area contributed by atoms with Crippen molar-refractivity contribution in [3.63, 3.8) is 0 Å². The first kappa shape index (κ1) is 25.1. The first-order valence-electron chi connectivity index (χ1n) is 13.4. The molecule has 0 aliphatic carbocycles. The van der Waals surface area contributed by atoms with Crippen molar-refractivity contribution in [1.82, 2.24) is 9.88 Å². The Hall–Kier alpha value is -4.22. The molecule has 198 valence electrons. The molecule has 6 rings (SSSR count). The van der Waals surface area contributed by atoms with E-state index < -0.39 is 5.82 Å². The van der Waals surface area contributed by atoms with Crippen molar-refractivity contribution in [3.05, 3.63) is 71.7 Å². The number of benzene rings is 2. The average Bonchev–Trinajstić information content (AvgIpc) is 3.42. The number of pyridine rings is 1. The molecule has 2 saturated heterocycles. The zero-order chi connectivity index (χ0) is 26.8. The van der Waals surface area contributed by atoms with Gasteiger partial charge in [0.15, 0.2) is 5.58 Å². The van der Waals surface area contributed by atoms with E-state index in [1.54, 1.807) is 41.4 Å². The fourth-order valence-corrected chi connectivity index (χ4v) is 5.29. The molecule has 39 heavy (non-hydrogen) atoms. The molecule has 7 nitrogen and oxygen atoms in total. The van der Waals surface area contributed by atoms with Crippen molar-refractivity contribution in [3.8, 4) is 34.3 Å². The predicted molar refractivity (Wildman–Crippen MR) is 144 cm³/mol. The van der Waals surface area contributed by atoms with E-state index in [0.717, 1.165) is 43.2 Å². The monoisotopic (exact) mass is 525 g/mol. The Bertz CT molecular complexity index is 1560. The lowest BCUT2D eigenvalue weighted by molar-refractivity contribution is 0.0254. The summed E-state index contributed by atoms with van der Waals surface area (Å²) >= 11 is 0. The van der Waals surface area contributed by atoms with Crippen LogP contribution in [0.4, 0.5) is 4.39 Å². The highest BCUT2D eigenvalue weighted by molar-refractivity contribution is 5.95. The number of amides is 1. The second kappa shape index (κ2) is 10.9. The summed E-state index contributed by atoms with van der Waals surface area (Å²) < 4.78 is 32.9. The summed E-state index contributed by atoms with van der Waals surface area (Å²) in [6.07, 6.45) is 6.32. The maximum atomic E-state index is 15.2. The number of carbonyl (C=O) groups is 1. The topological polar surface area (TPSA) is 88.6 Å². The number of hydrogen-bond donors (Lipinski definition) is 0. The molecule has 0 saturated carbocycles. The van der Waals surface area contributed by atoms with E-state index in [1.807, 2.05) is 12.1 Å². The van der Waals surface area contributed by atoms with Crippen LogP contribution < -0.4 is 4.74 Å². The van der Waals surface area contributed by atoms with Gasteiger partial charge in [0.2, 0.25) is 0 Å². The smallest absolute Gasteiger partial charge is 0.253 e. The molecule has 2 fully saturated rings. The largest absolute Gasteiger partial charge is 0.489 e. The van der Waals surface area contributed by atoms with E-state index in [-0.39, 0.29) is 17.6 Å². The highest BCUT2D eigenvalue weighted by atomic mass is 19.1. The summed E-state index contributed by atoms with van der Waals surface area (Å²) in [5.74, 6) is 0.186. The van der Waals surface area contributed by atoms with Crippen LogP contribution in [-0.4, -0.2) is 48.2 Å². The summed E-state index contributed by atoms with van der Waals surface area (Å²) in [6.45, 7) is 2.71. The van der Waals surface area contributed by atoms with Crippen LogP contribution in [-0.2, 0) is 4.74 Å². The van der Waals surface area contributed by atoms with Crippen molar-refractivity contribution in [1.29, 1.82) is 5.26 Å². The van der Waals surface area contributed by atoms with Gasteiger partial charge in [-0.3, -0.25) is 9.78 Å². The molecular formula is C31H28FN3O4. The summed E-state index contributed by atoms with van der Waals surface area (Å²) in [5, 5.41) is 9.80. The van der Waals surface area contributed by atoms with E-state index >= 15 is 4.39 Å². The van der Waals surface area contributed by atoms with Gasteiger partial charge in [0.05, 0.1) is 24.3 Å². The van der Waals surface area contributed by atoms with Crippen molar-refractivity contribution >= 4 is 17.0 Å². The van der Waals surface area contributed by atoms with Crippen molar-refractivity contribution in [2.45, 2.75) is 38.2 Å². The van der Waals surface area contributed by atoms with Crippen LogP contribution in [0.15, 0.2) is 59.1 Å². The Kier molecular flexibility index (Phi) is 6.99. The molecule has 2 aliphatic heterocycles. The molecule has 0 N–H and O–H groups in total. The fourth-order valence-electron chi connectivity index (χ4n) is 5.29. The molecule has 0 atom stereocenters. The van der Waals surface area contributed by atoms with Gasteiger partial charge >= 0.3 is 0 Å². The Labute approximate surface area is 225 Å². The van der Waals surface area contributed by atoms with Crippen LogP contribution in [0.3, 0.4) is 0 Å². The molecule has 4 heterocycles. The second-order valence-corrected chi connectivity index (χ2v) is 9.98. The molecule has 8 heteroatoms. The number of piperidine rings is 1. The highest BCUT2D eigenvalue weighted by Gasteiger charge is 2.22. The minimum Gasteiger partial charge on any atom is -0.489 e. The molecule has 0 spiro atoms. The molecule has 0 radical (unpaired) electrons. The van der Waals surface area contributed by atoms with E-state index in [0.29, 0.717) is 60.0 Å². The van der Waals surface area contributed by atoms with Crippen molar-refractivity contribution in [2.75, 3.05) is 26.3 Å². The average molecular weight is 526 g/mol. The van der Waals surface area contributed by atoms with Crippen LogP contribution in [0.25, 0.3) is 33.6 Å². The summed E-state index contributed by atoms with van der Waals surface area (Å²) in [7, 11) is 0. The van der Waals surface area contributed by atoms with E-state index in [4.69, 9.17) is 13.9 Å². The van der Waals surface area contributed by atoms with E-state index in [1.165, 1.54) is 6.07 Å². The quantitative estimate of drug-likeness (QED) is 0.301. The molecule has 0 bridgehead atoms. The number of furan rings is 1. The molecular weight excluding hydrogens is 497 g/mol. The van der Waals surface area contributed by atoms with Gasteiger partial charge in [0.1, 0.15) is 35.0 Å². The Morgan fingerprint density at radius 1 is 1.03 bits per heavy atom. The van der Waals surface area contributed by atoms with Gasteiger partial charge in [-0.2, -0.15) is 5.26 Å². The first-order valence-corrected chi connectivity index (χ1v) is 13.4. The van der Waals surface area contributed by atoms with Gasteiger partial charge in [-0.25, -0.2) is 4.39 Å². The lowest BCUT2D eigenvalue weighted by atomic mass is 10.0. The minimum absolute atomic E-state index is 0.0217. The first-order chi connectivity index (χ1) is 19.1. The Balaban J connectivity index is 1.29. The van der Waals surface area contributed by atoms with Crippen LogP contribution in [0, 0.1) is 17.1 Å². The standard InChI is InChI=1S/C31H28FN3O4/c32-26-17-21(31(36)35-12-2-1-3-13-35)4-6-25(26)29-18-27-30(39-29)24(8-11-34-27)20-5-7-28(22(16-20)19-33)38-23-9-14-37-15-10-23/h4-8,11,16-18,23H,1-3,9-10,12-15H2. The second-order valence-electron chi connectivity index (χ2n) is 9.98. The Morgan fingerprint density at radius 3 is 2.62 bits per heavy atom. The summed E-state index contributed by atoms with van der Waals surface area (Å²) in [4.78, 5) is 19.0. The number of nitrogens with zero attached hydrogens (tertiary/aromatic N) is 3. The van der Waals surface area contributed by atoms with Gasteiger partial charge in [0.25, 0.3) is 5.91 Å². The number of nitriles is 1. The zero-order valence-electron chi connectivity index (χ0n) is 21.5. The normalized spacial score (nSPS) is 16.3. The third kappa shape index (κ3) is 5.10. The van der Waals surface area contributed by atoms with Gasteiger partial charge in [-0.15, -0.1) is 0 Å². The number of fused-ring (bicyclic) bond motifs is 1. The molecule has 0 unspecified atom stereocenters. The fraction of sp³-hybridized carbons (Fsp3) is 0.323. The SMILES string of the molecule is N#Cc1cc(-c2ccnc3cc(-c4ccc(C(=O)N5CCCCC5)cc4F)oc23)ccc1OC1CCOCC1. The van der Waals surface area contributed by atoms with Gasteiger partial charge in [-0.05, 0) is 61.2 Å². The number of carbonyl (C=O) groups excluding carboxylic acids is 1. The molecule has 2 aromatic heterocycles. The highest BCUT2D eigenvalue weighted by Crippen LogP contribution is 2.36. The van der Waals surface area contributed by atoms with Crippen molar-refractivity contribution in [2.24, 2.45) is 0 Å². The number of ether oxygens (including phenoxy) is 2. The lowest BCUT2D eigenvalue weighted by Crippen LogP contribution is -2.35. The van der Waals surface area contributed by atoms with Crippen LogP contribution in [0.1, 0.15) is 48.0 Å². The predicted octanol–water partition coefficient (Wildman–Crippen LogP) is 6.36. The van der Waals surface area contributed by atoms with Crippen LogP contribution in [0.2, 0.25) is 0 Å². The summed E-state index contributed by atoms with van der Waals surface area (Å²) in [6, 6.07) is 15.7. The number of halogens is 1. The van der Waals surface area contributed by atoms with Crippen molar-refractivity contribution < 1.29 is 23.1 Å². The van der Waals surface area contributed by atoms with Gasteiger partial charge < -0.3 is 18.8 Å². The lowest BCUT2D eigenvalue weighted by Gasteiger charge is -2.26. The number of hydrogen-bond acceptors (Lipinski definition) is 6. The maximum Gasteiger partial charge on any atom is 0.253 e. The molecule has 2 aromatic carbocycles. The maximum absolute atomic E-state index is 15.2. The number of rotatable bonds is 5. The van der Waals surface area contributed by atoms with E-state index in [9.17, 15) is 10.1 Å². The van der Waals surface area contributed by atoms with Gasteiger partial charge in [-0.1, -0.05) is 6.07 Å². The molecule has 4 aromatic rings. The number of aromatic nitrogens is 1. The Morgan fingerprint density at radius 2 is 1.85 bits per heavy atom. The van der Waals surface area contributed by atoms with Crippen LogP contribution >= 0.6 is 0 Å². The van der Waals surface area contributed by atoms with Gasteiger partial charge in [0, 0.05) is 49.3 Å². The molecule has 2 aliphatic rings. The van der Waals surface area contributed by atoms with Crippen LogP contribution in [0.5, 0.6) is 5.75 Å². The number of likely N-dealkylation sites (tertiary alicyclic amines) is 1.